The highest BCUT2D eigenvalue weighted by Gasteiger charge is 2.45. The van der Waals surface area contributed by atoms with Gasteiger partial charge < -0.3 is 9.53 Å². The molecule has 86 valence electrons. The summed E-state index contributed by atoms with van der Waals surface area (Å²) in [5.74, 6) is 0. The van der Waals surface area contributed by atoms with Gasteiger partial charge in [-0.25, -0.2) is 4.67 Å². The summed E-state index contributed by atoms with van der Waals surface area (Å²) in [6.07, 6.45) is 0.755. The number of carbonyl (C=O) groups excluding carboxylic acids is 1. The van der Waals surface area contributed by atoms with Gasteiger partial charge in [0.25, 0.3) is 0 Å². The third-order valence-corrected chi connectivity index (χ3v) is 3.90. The summed E-state index contributed by atoms with van der Waals surface area (Å²) in [6, 6.07) is 9.60. The summed E-state index contributed by atoms with van der Waals surface area (Å²) in [6.45, 7) is 3.92. The number of hydrogen-bond donors (Lipinski definition) is 0. The number of nitrogens with zero attached hydrogens (tertiary/aromatic N) is 1. The third kappa shape index (κ3) is 1.91. The summed E-state index contributed by atoms with van der Waals surface area (Å²) >= 11 is 0. The first-order chi connectivity index (χ1) is 7.56. The molecule has 0 amide bonds. The lowest BCUT2D eigenvalue weighted by Gasteiger charge is -2.26. The van der Waals surface area contributed by atoms with E-state index >= 15 is 0 Å². The van der Waals surface area contributed by atoms with E-state index in [1.54, 1.807) is 0 Å². The van der Waals surface area contributed by atoms with Crippen molar-refractivity contribution in [3.8, 4) is 0 Å². The van der Waals surface area contributed by atoms with Crippen molar-refractivity contribution >= 4 is 15.7 Å². The van der Waals surface area contributed by atoms with Crippen molar-refractivity contribution in [2.45, 2.75) is 31.7 Å². The predicted molar refractivity (Wildman–Crippen MR) is 65.7 cm³/mol. The van der Waals surface area contributed by atoms with Crippen LogP contribution in [-0.2, 0) is 9.53 Å². The van der Waals surface area contributed by atoms with Gasteiger partial charge in [0.1, 0.15) is 24.2 Å². The van der Waals surface area contributed by atoms with Crippen LogP contribution in [0.2, 0.25) is 0 Å². The lowest BCUT2D eigenvalue weighted by molar-refractivity contribution is -0.111. The summed E-state index contributed by atoms with van der Waals surface area (Å²) < 4.78 is 7.81. The Balaban J connectivity index is 2.33. The second-order valence-corrected chi connectivity index (χ2v) is 4.99. The summed E-state index contributed by atoms with van der Waals surface area (Å²) in [5.41, 5.74) is 0.606. The zero-order valence-corrected chi connectivity index (χ0v) is 10.6. The predicted octanol–water partition coefficient (Wildman–Crippen LogP) is 2.15. The Kier molecular flexibility index (Phi) is 3.11. The van der Waals surface area contributed by atoms with E-state index in [1.165, 1.54) is 0 Å². The van der Waals surface area contributed by atoms with E-state index in [2.05, 4.69) is 9.39 Å². The molecule has 0 N–H and O–H groups in total. The maximum absolute atomic E-state index is 11.2. The van der Waals surface area contributed by atoms with Crippen molar-refractivity contribution < 1.29 is 9.53 Å². The van der Waals surface area contributed by atoms with Crippen molar-refractivity contribution in [1.82, 2.24) is 4.67 Å². The average molecular weight is 237 g/mol. The summed E-state index contributed by atoms with van der Waals surface area (Å²) in [7, 11) is 2.58. The van der Waals surface area contributed by atoms with Crippen LogP contribution < -0.4 is 0 Å². The van der Waals surface area contributed by atoms with E-state index in [4.69, 9.17) is 4.74 Å². The average Bonchev–Trinajstić information content (AvgIpc) is 2.52. The van der Waals surface area contributed by atoms with Gasteiger partial charge in [-0.3, -0.25) is 0 Å². The highest BCUT2D eigenvalue weighted by Crippen LogP contribution is 2.41. The molecule has 1 saturated heterocycles. The molecule has 0 bridgehead atoms. The Morgan fingerprint density at radius 2 is 2.00 bits per heavy atom. The fraction of sp³-hybridized carbons (Fsp3) is 0.417. The van der Waals surface area contributed by atoms with E-state index in [9.17, 15) is 4.79 Å². The SMILES string of the molecule is CC1(C)OC(c2ccccc2)C(C=O)N1P. The van der Waals surface area contributed by atoms with E-state index in [0.717, 1.165) is 11.8 Å². The molecule has 3 unspecified atom stereocenters. The second kappa shape index (κ2) is 4.25. The van der Waals surface area contributed by atoms with E-state index in [0.29, 0.717) is 0 Å². The van der Waals surface area contributed by atoms with Gasteiger partial charge in [-0.15, -0.1) is 0 Å². The number of hydrogen-bond acceptors (Lipinski definition) is 3. The molecule has 3 atom stereocenters. The van der Waals surface area contributed by atoms with Crippen LogP contribution in [0, 0.1) is 0 Å². The van der Waals surface area contributed by atoms with Gasteiger partial charge in [-0.05, 0) is 19.4 Å². The number of ether oxygens (including phenoxy) is 1. The molecule has 0 spiro atoms. The Morgan fingerprint density at radius 1 is 1.38 bits per heavy atom. The standard InChI is InChI=1S/C12H16NO2P/c1-12(2)13(16)10(8-14)11(15-12)9-6-4-3-5-7-9/h3-8,10-11H,16H2,1-2H3. The fourth-order valence-electron chi connectivity index (χ4n) is 1.99. The van der Waals surface area contributed by atoms with E-state index in [-0.39, 0.29) is 12.1 Å². The van der Waals surface area contributed by atoms with E-state index < -0.39 is 5.72 Å². The van der Waals surface area contributed by atoms with Crippen molar-refractivity contribution in [3.05, 3.63) is 35.9 Å². The lowest BCUT2D eigenvalue weighted by Crippen LogP contribution is -2.36. The normalized spacial score (nSPS) is 29.2. The first kappa shape index (κ1) is 11.7. The molecule has 0 aliphatic carbocycles. The molecule has 1 aromatic rings. The van der Waals surface area contributed by atoms with Crippen molar-refractivity contribution in [2.75, 3.05) is 0 Å². The summed E-state index contributed by atoms with van der Waals surface area (Å²) in [4.78, 5) is 11.2. The van der Waals surface area contributed by atoms with Gasteiger partial charge in [-0.1, -0.05) is 39.7 Å². The van der Waals surface area contributed by atoms with Crippen LogP contribution >= 0.6 is 9.39 Å². The van der Waals surface area contributed by atoms with E-state index in [1.807, 2.05) is 48.8 Å². The quantitative estimate of drug-likeness (QED) is 0.583. The molecule has 3 nitrogen and oxygen atoms in total. The monoisotopic (exact) mass is 237 g/mol. The Bertz CT molecular complexity index is 380. The molecule has 4 heteroatoms. The molecule has 0 saturated carbocycles. The number of rotatable bonds is 2. The van der Waals surface area contributed by atoms with Crippen LogP contribution in [0.3, 0.4) is 0 Å². The molecule has 1 heterocycles. The molecule has 2 rings (SSSR count). The van der Waals surface area contributed by atoms with Gasteiger partial charge in [0.15, 0.2) is 0 Å². The second-order valence-electron chi connectivity index (χ2n) is 4.43. The van der Waals surface area contributed by atoms with Crippen LogP contribution in [0.4, 0.5) is 0 Å². The number of benzene rings is 1. The van der Waals surface area contributed by atoms with Crippen molar-refractivity contribution in [2.24, 2.45) is 0 Å². The van der Waals surface area contributed by atoms with Gasteiger partial charge in [0.05, 0.1) is 0 Å². The minimum absolute atomic E-state index is 0.189. The molecular formula is C12H16NO2P. The first-order valence-electron chi connectivity index (χ1n) is 5.28. The molecule has 1 aromatic carbocycles. The zero-order valence-electron chi connectivity index (χ0n) is 9.46. The molecule has 1 aliphatic rings. The lowest BCUT2D eigenvalue weighted by atomic mass is 10.0. The molecule has 1 aliphatic heterocycles. The minimum atomic E-state index is -0.434. The smallest absolute Gasteiger partial charge is 0.140 e. The largest absolute Gasteiger partial charge is 0.351 e. The maximum atomic E-state index is 11.2. The molecule has 16 heavy (non-hydrogen) atoms. The van der Waals surface area contributed by atoms with Crippen molar-refractivity contribution in [3.63, 3.8) is 0 Å². The minimum Gasteiger partial charge on any atom is -0.351 e. The molecule has 0 radical (unpaired) electrons. The molecule has 1 fully saturated rings. The van der Waals surface area contributed by atoms with Crippen LogP contribution in [0.1, 0.15) is 25.5 Å². The number of carbonyl (C=O) groups is 1. The van der Waals surface area contributed by atoms with Crippen LogP contribution in [0.15, 0.2) is 30.3 Å². The maximum Gasteiger partial charge on any atom is 0.140 e. The Labute approximate surface area is 98.0 Å². The Hall–Kier alpha value is -0.760. The molecule has 0 aromatic heterocycles. The van der Waals surface area contributed by atoms with Gasteiger partial charge in [-0.2, -0.15) is 0 Å². The van der Waals surface area contributed by atoms with Crippen LogP contribution in [0.5, 0.6) is 0 Å². The van der Waals surface area contributed by atoms with Crippen molar-refractivity contribution in [1.29, 1.82) is 0 Å². The van der Waals surface area contributed by atoms with Crippen LogP contribution in [0.25, 0.3) is 0 Å². The third-order valence-electron chi connectivity index (χ3n) is 2.94. The van der Waals surface area contributed by atoms with Crippen LogP contribution in [-0.4, -0.2) is 22.7 Å². The first-order valence-corrected chi connectivity index (χ1v) is 5.80. The zero-order chi connectivity index (χ0) is 11.8. The Morgan fingerprint density at radius 3 is 2.56 bits per heavy atom. The topological polar surface area (TPSA) is 29.5 Å². The van der Waals surface area contributed by atoms with Gasteiger partial charge in [0.2, 0.25) is 0 Å². The highest BCUT2D eigenvalue weighted by molar-refractivity contribution is 7.13. The highest BCUT2D eigenvalue weighted by atomic mass is 31.0. The fourth-order valence-corrected chi connectivity index (χ4v) is 2.28. The summed E-state index contributed by atoms with van der Waals surface area (Å²) in [5, 5.41) is 0. The van der Waals surface area contributed by atoms with Gasteiger partial charge >= 0.3 is 0 Å². The molecular weight excluding hydrogens is 221 g/mol. The number of aldehydes is 1. The van der Waals surface area contributed by atoms with Gasteiger partial charge in [0, 0.05) is 0 Å².